The zero-order chi connectivity index (χ0) is 14.8. The Hall–Kier alpha value is -1.33. The fourth-order valence-electron chi connectivity index (χ4n) is 3.21. The zero-order valence-electron chi connectivity index (χ0n) is 12.6. The molecule has 2 heterocycles. The first-order valence-electron chi connectivity index (χ1n) is 7.86. The molecule has 1 aromatic heterocycles. The van der Waals surface area contributed by atoms with Gasteiger partial charge in [-0.15, -0.1) is 0 Å². The van der Waals surface area contributed by atoms with Gasteiger partial charge in [-0.25, -0.2) is 0 Å². The smallest absolute Gasteiger partial charge is 0.236 e. The van der Waals surface area contributed by atoms with Gasteiger partial charge in [0.15, 0.2) is 0 Å². The normalized spacial score (nSPS) is 23.8. The Balaban J connectivity index is 1.55. The number of amides is 1. The van der Waals surface area contributed by atoms with Crippen LogP contribution in [-0.2, 0) is 4.79 Å². The maximum absolute atomic E-state index is 12.4. The van der Waals surface area contributed by atoms with Crippen molar-refractivity contribution in [3.8, 4) is 0 Å². The highest BCUT2D eigenvalue weighted by Gasteiger charge is 2.34. The summed E-state index contributed by atoms with van der Waals surface area (Å²) < 4.78 is 5.24. The van der Waals surface area contributed by atoms with Crippen LogP contribution in [0, 0.1) is 0 Å². The van der Waals surface area contributed by atoms with E-state index in [4.69, 9.17) is 4.42 Å². The predicted octanol–water partition coefficient (Wildman–Crippen LogP) is 1.79. The number of carbonyl (C=O) groups excluding carboxylic acids is 1. The van der Waals surface area contributed by atoms with Gasteiger partial charge < -0.3 is 14.4 Å². The van der Waals surface area contributed by atoms with E-state index < -0.39 is 6.10 Å². The number of likely N-dealkylation sites (N-methyl/N-ethyl adjacent to an activating group) is 1. The van der Waals surface area contributed by atoms with Crippen LogP contribution in [0.2, 0.25) is 0 Å². The molecule has 0 aromatic carbocycles. The summed E-state index contributed by atoms with van der Waals surface area (Å²) in [6.07, 6.45) is 5.92. The van der Waals surface area contributed by atoms with Crippen LogP contribution in [-0.4, -0.2) is 53.0 Å². The average Bonchev–Trinajstić information content (AvgIpc) is 2.99. The first-order valence-corrected chi connectivity index (χ1v) is 7.86. The Kier molecular flexibility index (Phi) is 4.31. The van der Waals surface area contributed by atoms with Gasteiger partial charge in [0.2, 0.25) is 5.91 Å². The van der Waals surface area contributed by atoms with Crippen LogP contribution in [0.4, 0.5) is 0 Å². The molecule has 1 N–H and O–H groups in total. The largest absolute Gasteiger partial charge is 0.467 e. The van der Waals surface area contributed by atoms with Crippen molar-refractivity contribution in [2.75, 3.05) is 20.1 Å². The first kappa shape index (κ1) is 14.6. The molecule has 2 atom stereocenters. The van der Waals surface area contributed by atoms with E-state index in [0.29, 0.717) is 24.8 Å². The lowest BCUT2D eigenvalue weighted by Gasteiger charge is -2.28. The Bertz CT molecular complexity index is 470. The lowest BCUT2D eigenvalue weighted by molar-refractivity contribution is -0.133. The molecule has 116 valence electrons. The van der Waals surface area contributed by atoms with Crippen molar-refractivity contribution in [1.29, 1.82) is 0 Å². The molecule has 5 heteroatoms. The predicted molar refractivity (Wildman–Crippen MR) is 78.7 cm³/mol. The van der Waals surface area contributed by atoms with E-state index in [1.807, 2.05) is 11.9 Å². The van der Waals surface area contributed by atoms with Gasteiger partial charge in [0.25, 0.3) is 0 Å². The van der Waals surface area contributed by atoms with E-state index >= 15 is 0 Å². The number of carbonyl (C=O) groups is 1. The van der Waals surface area contributed by atoms with Crippen molar-refractivity contribution >= 4 is 5.91 Å². The number of rotatable bonds is 6. The second kappa shape index (κ2) is 6.20. The SMILES string of the molecule is CN(CC(=O)N1CCCC1CC(O)c1ccco1)C1CC1. The van der Waals surface area contributed by atoms with Crippen molar-refractivity contribution in [2.24, 2.45) is 0 Å². The van der Waals surface area contributed by atoms with Crippen molar-refractivity contribution < 1.29 is 14.3 Å². The second-order valence-corrected chi connectivity index (χ2v) is 6.30. The van der Waals surface area contributed by atoms with E-state index in [-0.39, 0.29) is 11.9 Å². The molecule has 1 saturated heterocycles. The molecule has 2 aliphatic rings. The topological polar surface area (TPSA) is 56.9 Å². The van der Waals surface area contributed by atoms with Gasteiger partial charge in [-0.3, -0.25) is 9.69 Å². The molecule has 5 nitrogen and oxygen atoms in total. The van der Waals surface area contributed by atoms with E-state index in [9.17, 15) is 9.90 Å². The zero-order valence-corrected chi connectivity index (χ0v) is 12.6. The number of hydrogen-bond acceptors (Lipinski definition) is 4. The maximum atomic E-state index is 12.4. The average molecular weight is 292 g/mol. The first-order chi connectivity index (χ1) is 10.1. The number of aliphatic hydroxyl groups is 1. The van der Waals surface area contributed by atoms with E-state index in [0.717, 1.165) is 19.4 Å². The standard InChI is InChI=1S/C16H24N2O3/c1-17(12-6-7-12)11-16(20)18-8-2-4-13(18)10-14(19)15-5-3-9-21-15/h3,5,9,12-14,19H,2,4,6-8,10-11H2,1H3. The molecule has 1 saturated carbocycles. The minimum Gasteiger partial charge on any atom is -0.467 e. The van der Waals surface area contributed by atoms with Crippen LogP contribution < -0.4 is 0 Å². The Morgan fingerprint density at radius 3 is 3.00 bits per heavy atom. The minimum absolute atomic E-state index is 0.130. The molecule has 2 fully saturated rings. The third-order valence-electron chi connectivity index (χ3n) is 4.62. The number of aliphatic hydroxyl groups excluding tert-OH is 1. The van der Waals surface area contributed by atoms with Gasteiger partial charge in [0, 0.05) is 25.0 Å². The molecule has 1 aliphatic carbocycles. The Labute approximate surface area is 125 Å². The van der Waals surface area contributed by atoms with Crippen LogP contribution in [0.25, 0.3) is 0 Å². The third-order valence-corrected chi connectivity index (χ3v) is 4.62. The lowest BCUT2D eigenvalue weighted by Crippen LogP contribution is -2.42. The fraction of sp³-hybridized carbons (Fsp3) is 0.688. The third kappa shape index (κ3) is 3.47. The maximum Gasteiger partial charge on any atom is 0.236 e. The summed E-state index contributed by atoms with van der Waals surface area (Å²) in [6, 6.07) is 4.29. The number of hydrogen-bond donors (Lipinski definition) is 1. The summed E-state index contributed by atoms with van der Waals surface area (Å²) in [6.45, 7) is 1.31. The van der Waals surface area contributed by atoms with Gasteiger partial charge in [-0.05, 0) is 44.9 Å². The highest BCUT2D eigenvalue weighted by Crippen LogP contribution is 2.29. The Morgan fingerprint density at radius 2 is 2.33 bits per heavy atom. The van der Waals surface area contributed by atoms with Gasteiger partial charge in [0.05, 0.1) is 12.8 Å². The summed E-state index contributed by atoms with van der Waals surface area (Å²) >= 11 is 0. The van der Waals surface area contributed by atoms with E-state index in [1.165, 1.54) is 12.8 Å². The summed E-state index contributed by atoms with van der Waals surface area (Å²) in [5, 5.41) is 10.2. The van der Waals surface area contributed by atoms with Crippen molar-refractivity contribution in [1.82, 2.24) is 9.80 Å². The highest BCUT2D eigenvalue weighted by atomic mass is 16.4. The van der Waals surface area contributed by atoms with Gasteiger partial charge in [-0.2, -0.15) is 0 Å². The molecule has 1 aliphatic heterocycles. The molecule has 21 heavy (non-hydrogen) atoms. The lowest BCUT2D eigenvalue weighted by atomic mass is 10.1. The molecule has 0 bridgehead atoms. The molecule has 0 spiro atoms. The van der Waals surface area contributed by atoms with E-state index in [1.54, 1.807) is 18.4 Å². The van der Waals surface area contributed by atoms with Crippen molar-refractivity contribution in [3.05, 3.63) is 24.2 Å². The molecule has 3 rings (SSSR count). The summed E-state index contributed by atoms with van der Waals surface area (Å²) in [7, 11) is 2.03. The van der Waals surface area contributed by atoms with E-state index in [2.05, 4.69) is 4.90 Å². The summed E-state index contributed by atoms with van der Waals surface area (Å²) in [4.78, 5) is 16.5. The number of likely N-dealkylation sites (tertiary alicyclic amines) is 1. The van der Waals surface area contributed by atoms with Crippen molar-refractivity contribution in [3.63, 3.8) is 0 Å². The highest BCUT2D eigenvalue weighted by molar-refractivity contribution is 5.79. The Morgan fingerprint density at radius 1 is 1.52 bits per heavy atom. The van der Waals surface area contributed by atoms with Gasteiger partial charge >= 0.3 is 0 Å². The minimum atomic E-state index is -0.625. The summed E-state index contributed by atoms with van der Waals surface area (Å²) in [5.74, 6) is 0.781. The molecule has 0 radical (unpaired) electrons. The van der Waals surface area contributed by atoms with Gasteiger partial charge in [-0.1, -0.05) is 0 Å². The molecule has 1 amide bonds. The van der Waals surface area contributed by atoms with Crippen LogP contribution in [0.1, 0.15) is 44.0 Å². The fourth-order valence-corrected chi connectivity index (χ4v) is 3.21. The van der Waals surface area contributed by atoms with Crippen LogP contribution in [0.3, 0.4) is 0 Å². The van der Waals surface area contributed by atoms with Crippen LogP contribution in [0.5, 0.6) is 0 Å². The molecule has 2 unspecified atom stereocenters. The monoisotopic (exact) mass is 292 g/mol. The number of furan rings is 1. The molecular weight excluding hydrogens is 268 g/mol. The summed E-state index contributed by atoms with van der Waals surface area (Å²) in [5.41, 5.74) is 0. The molecular formula is C16H24N2O3. The molecule has 1 aromatic rings. The van der Waals surface area contributed by atoms with Crippen molar-refractivity contribution in [2.45, 2.75) is 50.3 Å². The van der Waals surface area contributed by atoms with Crippen LogP contribution in [0.15, 0.2) is 22.8 Å². The van der Waals surface area contributed by atoms with Gasteiger partial charge in [0.1, 0.15) is 11.9 Å². The number of nitrogens with zero attached hydrogens (tertiary/aromatic N) is 2. The quantitative estimate of drug-likeness (QED) is 0.868. The van der Waals surface area contributed by atoms with Crippen LogP contribution >= 0.6 is 0 Å². The second-order valence-electron chi connectivity index (χ2n) is 6.30.